The number of hydrogen-bond donors (Lipinski definition) is 1. The molecule has 1 aliphatic carbocycles. The van der Waals surface area contributed by atoms with Crippen LogP contribution in [0.3, 0.4) is 0 Å². The van der Waals surface area contributed by atoms with Crippen LogP contribution in [0.25, 0.3) is 0 Å². The molecule has 0 aliphatic heterocycles. The maximum atomic E-state index is 11.5. The molecule has 0 aromatic heterocycles. The van der Waals surface area contributed by atoms with E-state index in [1.54, 1.807) is 32.9 Å². The zero-order valence-corrected chi connectivity index (χ0v) is 10.0. The summed E-state index contributed by atoms with van der Waals surface area (Å²) in [5.74, 6) is 0.210. The number of allylic oxidation sites excluding steroid dienone is 2. The van der Waals surface area contributed by atoms with E-state index in [0.29, 0.717) is 11.5 Å². The van der Waals surface area contributed by atoms with Crippen molar-refractivity contribution < 1.29 is 14.7 Å². The molecule has 0 heterocycles. The summed E-state index contributed by atoms with van der Waals surface area (Å²) in [6.45, 7) is 8.95. The fourth-order valence-electron chi connectivity index (χ4n) is 1.51. The molecule has 0 fully saturated rings. The first kappa shape index (κ1) is 12.8. The van der Waals surface area contributed by atoms with Crippen molar-refractivity contribution in [1.29, 1.82) is 0 Å². The van der Waals surface area contributed by atoms with E-state index >= 15 is 0 Å². The molecule has 4 nitrogen and oxygen atoms in total. The number of hydroxylamine groups is 2. The zero-order chi connectivity index (χ0) is 12.3. The van der Waals surface area contributed by atoms with Crippen LogP contribution in [0, 0.1) is 5.92 Å². The van der Waals surface area contributed by atoms with Crippen molar-refractivity contribution in [2.45, 2.75) is 38.8 Å². The minimum atomic E-state index is -0.716. The lowest BCUT2D eigenvalue weighted by Gasteiger charge is -2.26. The first-order chi connectivity index (χ1) is 7.33. The summed E-state index contributed by atoms with van der Waals surface area (Å²) >= 11 is 0. The summed E-state index contributed by atoms with van der Waals surface area (Å²) in [6, 6.07) is -0.321. The Bertz CT molecular complexity index is 304. The van der Waals surface area contributed by atoms with E-state index in [4.69, 9.17) is 4.74 Å². The number of rotatable bonds is 2. The summed E-state index contributed by atoms with van der Waals surface area (Å²) in [5, 5.41) is 10.3. The van der Waals surface area contributed by atoms with Crippen molar-refractivity contribution in [2.24, 2.45) is 5.92 Å². The average molecular weight is 225 g/mol. The maximum absolute atomic E-state index is 11.5. The Morgan fingerprint density at radius 2 is 2.19 bits per heavy atom. The molecule has 0 radical (unpaired) electrons. The van der Waals surface area contributed by atoms with Gasteiger partial charge < -0.3 is 4.74 Å². The van der Waals surface area contributed by atoms with Gasteiger partial charge >= 0.3 is 6.09 Å². The zero-order valence-electron chi connectivity index (χ0n) is 10.0. The number of ether oxygens (including phenoxy) is 1. The van der Waals surface area contributed by atoms with Crippen LogP contribution in [0.15, 0.2) is 24.8 Å². The van der Waals surface area contributed by atoms with Gasteiger partial charge in [0.25, 0.3) is 0 Å². The molecule has 0 unspecified atom stereocenters. The topological polar surface area (TPSA) is 49.8 Å². The molecule has 2 atom stereocenters. The second-order valence-corrected chi connectivity index (χ2v) is 4.91. The van der Waals surface area contributed by atoms with Gasteiger partial charge in [0.1, 0.15) is 5.60 Å². The minimum absolute atomic E-state index is 0.210. The van der Waals surface area contributed by atoms with E-state index < -0.39 is 11.7 Å². The van der Waals surface area contributed by atoms with Crippen LogP contribution in [0.2, 0.25) is 0 Å². The first-order valence-electron chi connectivity index (χ1n) is 5.35. The number of carbonyl (C=O) groups excluding carboxylic acids is 1. The third kappa shape index (κ3) is 3.38. The van der Waals surface area contributed by atoms with E-state index in [9.17, 15) is 10.0 Å². The van der Waals surface area contributed by atoms with Crippen molar-refractivity contribution in [2.75, 3.05) is 0 Å². The molecule has 1 amide bonds. The van der Waals surface area contributed by atoms with Crippen LogP contribution in [0.5, 0.6) is 0 Å². The van der Waals surface area contributed by atoms with Crippen LogP contribution in [-0.2, 0) is 4.74 Å². The molecule has 0 aromatic carbocycles. The predicted molar refractivity (Wildman–Crippen MR) is 61.1 cm³/mol. The van der Waals surface area contributed by atoms with E-state index in [-0.39, 0.29) is 12.0 Å². The summed E-state index contributed by atoms with van der Waals surface area (Å²) < 4.78 is 5.06. The highest BCUT2D eigenvalue weighted by Crippen LogP contribution is 2.23. The number of amides is 1. The van der Waals surface area contributed by atoms with Crippen LogP contribution in [0.1, 0.15) is 27.2 Å². The van der Waals surface area contributed by atoms with E-state index in [1.165, 1.54) is 0 Å². The Morgan fingerprint density at radius 1 is 1.56 bits per heavy atom. The summed E-state index contributed by atoms with van der Waals surface area (Å²) in [4.78, 5) is 11.5. The molecule has 0 saturated heterocycles. The van der Waals surface area contributed by atoms with Crippen molar-refractivity contribution in [3.8, 4) is 0 Å². The largest absolute Gasteiger partial charge is 0.442 e. The highest BCUT2D eigenvalue weighted by Gasteiger charge is 2.29. The molecule has 90 valence electrons. The Kier molecular flexibility index (Phi) is 3.75. The summed E-state index contributed by atoms with van der Waals surface area (Å²) in [7, 11) is 0. The van der Waals surface area contributed by atoms with Gasteiger partial charge in [0.15, 0.2) is 0 Å². The van der Waals surface area contributed by atoms with Crippen LogP contribution in [0.4, 0.5) is 4.79 Å². The third-order valence-corrected chi connectivity index (χ3v) is 2.29. The van der Waals surface area contributed by atoms with Crippen LogP contribution >= 0.6 is 0 Å². The van der Waals surface area contributed by atoms with Gasteiger partial charge in [-0.1, -0.05) is 18.2 Å². The van der Waals surface area contributed by atoms with Gasteiger partial charge in [0, 0.05) is 0 Å². The lowest BCUT2D eigenvalue weighted by molar-refractivity contribution is -0.110. The van der Waals surface area contributed by atoms with Crippen molar-refractivity contribution in [1.82, 2.24) is 5.06 Å². The van der Waals surface area contributed by atoms with Crippen molar-refractivity contribution in [3.63, 3.8) is 0 Å². The van der Waals surface area contributed by atoms with Gasteiger partial charge in [0.2, 0.25) is 0 Å². The minimum Gasteiger partial charge on any atom is -0.442 e. The van der Waals surface area contributed by atoms with Crippen LogP contribution in [-0.4, -0.2) is 28.0 Å². The van der Waals surface area contributed by atoms with Gasteiger partial charge in [-0.15, -0.1) is 6.58 Å². The summed E-state index contributed by atoms with van der Waals surface area (Å²) in [5.41, 5.74) is -0.599. The first-order valence-corrected chi connectivity index (χ1v) is 5.35. The standard InChI is InChI=1S/C12H19NO3/c1-5-9-6-7-10(8-9)13(15)11(14)16-12(2,3)4/h5-7,9-10,15H,1,8H2,2-4H3/t9-,10+/m1/s1. The molecular weight excluding hydrogens is 206 g/mol. The lowest BCUT2D eigenvalue weighted by atomic mass is 10.1. The molecule has 1 N–H and O–H groups in total. The molecule has 1 aliphatic rings. The highest BCUT2D eigenvalue weighted by atomic mass is 16.6. The normalized spacial score (nSPS) is 24.2. The second-order valence-electron chi connectivity index (χ2n) is 4.91. The molecule has 1 rings (SSSR count). The Morgan fingerprint density at radius 3 is 2.62 bits per heavy atom. The second kappa shape index (κ2) is 4.70. The van der Waals surface area contributed by atoms with Crippen molar-refractivity contribution >= 4 is 6.09 Å². The van der Waals surface area contributed by atoms with Gasteiger partial charge in [0.05, 0.1) is 6.04 Å². The molecule has 0 aromatic rings. The molecule has 0 saturated carbocycles. The summed E-state index contributed by atoms with van der Waals surface area (Å²) in [6.07, 6.45) is 5.44. The molecule has 16 heavy (non-hydrogen) atoms. The molecular formula is C12H19NO3. The monoisotopic (exact) mass is 225 g/mol. The Hall–Kier alpha value is -1.29. The predicted octanol–water partition coefficient (Wildman–Crippen LogP) is 2.74. The quantitative estimate of drug-likeness (QED) is 0.446. The SMILES string of the molecule is C=C[C@@H]1C=C[C@H](N(O)C(=O)OC(C)(C)C)C1. The van der Waals surface area contributed by atoms with E-state index in [2.05, 4.69) is 6.58 Å². The average Bonchev–Trinajstić information content (AvgIpc) is 2.61. The molecule has 4 heteroatoms. The van der Waals surface area contributed by atoms with Gasteiger partial charge in [-0.25, -0.2) is 4.79 Å². The maximum Gasteiger partial charge on any atom is 0.434 e. The van der Waals surface area contributed by atoms with Crippen molar-refractivity contribution in [3.05, 3.63) is 24.8 Å². The lowest BCUT2D eigenvalue weighted by Crippen LogP contribution is -2.39. The van der Waals surface area contributed by atoms with Gasteiger partial charge in [-0.05, 0) is 33.1 Å². The van der Waals surface area contributed by atoms with E-state index in [0.717, 1.165) is 0 Å². The molecule has 0 bridgehead atoms. The number of nitrogens with zero attached hydrogens (tertiary/aromatic N) is 1. The Balaban J connectivity index is 2.53. The van der Waals surface area contributed by atoms with E-state index in [1.807, 2.05) is 6.08 Å². The molecule has 0 spiro atoms. The Labute approximate surface area is 96.2 Å². The number of carbonyl (C=O) groups is 1. The van der Waals surface area contributed by atoms with Gasteiger partial charge in [-0.2, -0.15) is 5.06 Å². The highest BCUT2D eigenvalue weighted by molar-refractivity contribution is 5.67. The van der Waals surface area contributed by atoms with Gasteiger partial charge in [-0.3, -0.25) is 5.21 Å². The fraction of sp³-hybridized carbons (Fsp3) is 0.583. The third-order valence-electron chi connectivity index (χ3n) is 2.29. The van der Waals surface area contributed by atoms with Crippen LogP contribution < -0.4 is 0 Å². The fourth-order valence-corrected chi connectivity index (χ4v) is 1.51. The smallest absolute Gasteiger partial charge is 0.434 e. The number of hydrogen-bond acceptors (Lipinski definition) is 3.